The fraction of sp³-hybridized carbons (Fsp3) is 0.614. The Morgan fingerprint density at radius 2 is 1.68 bits per heavy atom. The summed E-state index contributed by atoms with van der Waals surface area (Å²) in [5.74, 6) is -3.03. The van der Waals surface area contributed by atoms with E-state index in [4.69, 9.17) is 14.2 Å². The largest absolute Gasteiger partial charge is 0.486 e. The lowest BCUT2D eigenvalue weighted by atomic mass is 9.82. The van der Waals surface area contributed by atoms with Crippen LogP contribution >= 0.6 is 0 Å². The van der Waals surface area contributed by atoms with Gasteiger partial charge in [0.05, 0.1) is 25.3 Å². The van der Waals surface area contributed by atoms with E-state index < -0.39 is 77.1 Å². The maximum absolute atomic E-state index is 15.0. The minimum absolute atomic E-state index is 0.0421. The smallest absolute Gasteiger partial charge is 0.410 e. The van der Waals surface area contributed by atoms with E-state index in [1.807, 2.05) is 19.1 Å². The average molecular weight is 859 g/mol. The third-order valence-electron chi connectivity index (χ3n) is 12.2. The fourth-order valence-electron chi connectivity index (χ4n) is 8.72. The van der Waals surface area contributed by atoms with Gasteiger partial charge in [-0.15, -0.1) is 0 Å². The number of amides is 6. The first kappa shape index (κ1) is 44.3. The zero-order valence-corrected chi connectivity index (χ0v) is 35.9. The lowest BCUT2D eigenvalue weighted by Crippen LogP contribution is -2.62. The van der Waals surface area contributed by atoms with E-state index in [-0.39, 0.29) is 50.1 Å². The van der Waals surface area contributed by atoms with Crippen molar-refractivity contribution in [3.05, 3.63) is 47.5 Å². The molecule has 1 aromatic carbocycles. The minimum Gasteiger partial charge on any atom is -0.486 e. The highest BCUT2D eigenvalue weighted by molar-refractivity contribution is 6.38. The molecule has 334 valence electrons. The summed E-state index contributed by atoms with van der Waals surface area (Å²) in [6.45, 7) is 8.23. The zero-order valence-electron chi connectivity index (χ0n) is 35.9. The van der Waals surface area contributed by atoms with E-state index in [0.29, 0.717) is 44.0 Å². The van der Waals surface area contributed by atoms with Crippen LogP contribution in [-0.4, -0.2) is 117 Å². The predicted molar refractivity (Wildman–Crippen MR) is 221 cm³/mol. The number of hydrogen-bond acceptors (Lipinski definition) is 12. The number of benzene rings is 1. The molecule has 2 aliphatic carbocycles. The SMILES string of the molecule is CCC[C@H](NC(=O)[C@@H]1C[C@@H](OC(=O)N2Cc3ccc4c(c3C2)OCCO4)CN1C(=O)[C@@H](NC(=O)[C@@H](NC(=O)c1cnccn1)C1CCCCC1)C(C)(C)C)C(=O)C(=O)NC1CC1. The number of ether oxygens (including phenoxy) is 3. The Morgan fingerprint density at radius 1 is 0.919 bits per heavy atom. The zero-order chi connectivity index (χ0) is 44.1. The number of nitrogens with one attached hydrogen (secondary N) is 4. The number of hydrogen-bond donors (Lipinski definition) is 4. The molecule has 6 amide bonds. The molecule has 0 bridgehead atoms. The summed E-state index contributed by atoms with van der Waals surface area (Å²) in [6, 6.07) is -0.975. The maximum atomic E-state index is 15.0. The van der Waals surface area contributed by atoms with Crippen LogP contribution in [0.25, 0.3) is 0 Å². The second-order valence-electron chi connectivity index (χ2n) is 18.0. The number of likely N-dealkylation sites (tertiary alicyclic amines) is 1. The molecule has 5 atom stereocenters. The molecule has 3 aliphatic heterocycles. The molecule has 18 heteroatoms. The molecular formula is C44H58N8O10. The monoisotopic (exact) mass is 858 g/mol. The van der Waals surface area contributed by atoms with Gasteiger partial charge in [-0.1, -0.05) is 59.4 Å². The van der Waals surface area contributed by atoms with Crippen molar-refractivity contribution in [1.29, 1.82) is 0 Å². The highest BCUT2D eigenvalue weighted by Crippen LogP contribution is 2.40. The molecule has 0 spiro atoms. The number of nitrogens with zero attached hydrogens (tertiary/aromatic N) is 4. The number of fused-ring (bicyclic) bond motifs is 3. The second-order valence-corrected chi connectivity index (χ2v) is 18.0. The van der Waals surface area contributed by atoms with Crippen LogP contribution in [0.3, 0.4) is 0 Å². The van der Waals surface area contributed by atoms with Crippen molar-refractivity contribution < 1.29 is 47.8 Å². The lowest BCUT2D eigenvalue weighted by molar-refractivity contribution is -0.145. The Kier molecular flexibility index (Phi) is 13.6. The quantitative estimate of drug-likeness (QED) is 0.201. The van der Waals surface area contributed by atoms with Gasteiger partial charge in [0.2, 0.25) is 23.5 Å². The molecule has 0 unspecified atom stereocenters. The Labute approximate surface area is 360 Å². The van der Waals surface area contributed by atoms with E-state index in [1.165, 1.54) is 28.4 Å². The van der Waals surface area contributed by atoms with Gasteiger partial charge >= 0.3 is 6.09 Å². The Morgan fingerprint density at radius 3 is 2.37 bits per heavy atom. The summed E-state index contributed by atoms with van der Waals surface area (Å²) >= 11 is 0. The number of aromatic nitrogens is 2. The first-order valence-corrected chi connectivity index (χ1v) is 21.9. The summed E-state index contributed by atoms with van der Waals surface area (Å²) < 4.78 is 17.6. The van der Waals surface area contributed by atoms with Crippen LogP contribution in [-0.2, 0) is 41.8 Å². The van der Waals surface area contributed by atoms with Crippen molar-refractivity contribution in [3.8, 4) is 11.5 Å². The van der Waals surface area contributed by atoms with Crippen LogP contribution in [0.4, 0.5) is 4.79 Å². The first-order valence-electron chi connectivity index (χ1n) is 21.9. The van der Waals surface area contributed by atoms with Crippen LogP contribution < -0.4 is 30.7 Å². The summed E-state index contributed by atoms with van der Waals surface area (Å²) in [5, 5.41) is 11.2. The van der Waals surface area contributed by atoms with Gasteiger partial charge in [-0.25, -0.2) is 9.78 Å². The van der Waals surface area contributed by atoms with Crippen molar-refractivity contribution >= 4 is 41.4 Å². The molecule has 3 fully saturated rings. The van der Waals surface area contributed by atoms with Gasteiger partial charge in [0.25, 0.3) is 11.8 Å². The van der Waals surface area contributed by atoms with Gasteiger partial charge in [0, 0.05) is 37.0 Å². The molecule has 5 aliphatic rings. The first-order chi connectivity index (χ1) is 29.7. The third-order valence-corrected chi connectivity index (χ3v) is 12.2. The van der Waals surface area contributed by atoms with Crippen LogP contribution in [0.2, 0.25) is 0 Å². The highest BCUT2D eigenvalue weighted by atomic mass is 16.6. The summed E-state index contributed by atoms with van der Waals surface area (Å²) in [4.78, 5) is 108. The van der Waals surface area contributed by atoms with Gasteiger partial charge in [-0.2, -0.15) is 0 Å². The van der Waals surface area contributed by atoms with E-state index in [0.717, 1.165) is 43.2 Å². The Bertz CT molecular complexity index is 2030. The topological polar surface area (TPSA) is 228 Å². The molecule has 2 saturated carbocycles. The number of rotatable bonds is 14. The third kappa shape index (κ3) is 10.3. The maximum Gasteiger partial charge on any atom is 0.410 e. The van der Waals surface area contributed by atoms with Crippen molar-refractivity contribution in [2.24, 2.45) is 11.3 Å². The average Bonchev–Trinajstić information content (AvgIpc) is 3.80. The van der Waals surface area contributed by atoms with Gasteiger partial charge in [-0.3, -0.25) is 38.7 Å². The van der Waals surface area contributed by atoms with E-state index in [2.05, 4.69) is 31.2 Å². The fourth-order valence-corrected chi connectivity index (χ4v) is 8.72. The van der Waals surface area contributed by atoms with Crippen molar-refractivity contribution in [2.45, 2.75) is 141 Å². The summed E-state index contributed by atoms with van der Waals surface area (Å²) in [7, 11) is 0. The minimum atomic E-state index is -1.24. The van der Waals surface area contributed by atoms with Crippen LogP contribution in [0, 0.1) is 11.3 Å². The summed E-state index contributed by atoms with van der Waals surface area (Å²) in [6.07, 6.45) is 8.76. The van der Waals surface area contributed by atoms with Gasteiger partial charge < -0.3 is 40.4 Å². The van der Waals surface area contributed by atoms with E-state index in [1.54, 1.807) is 20.8 Å². The molecule has 1 aromatic heterocycles. The molecule has 0 radical (unpaired) electrons. The number of ketones is 1. The molecule has 62 heavy (non-hydrogen) atoms. The normalized spacial score (nSPS) is 21.2. The van der Waals surface area contributed by atoms with Crippen LogP contribution in [0.15, 0.2) is 30.7 Å². The van der Waals surface area contributed by atoms with Crippen molar-refractivity contribution in [2.75, 3.05) is 19.8 Å². The molecule has 1 saturated heterocycles. The molecule has 18 nitrogen and oxygen atoms in total. The molecule has 4 N–H and O–H groups in total. The van der Waals surface area contributed by atoms with E-state index >= 15 is 0 Å². The molecule has 7 rings (SSSR count). The van der Waals surface area contributed by atoms with Crippen LogP contribution in [0.5, 0.6) is 11.5 Å². The molecule has 2 aromatic rings. The lowest BCUT2D eigenvalue weighted by Gasteiger charge is -2.37. The number of carbonyl (C=O) groups excluding carboxylic acids is 7. The molecular weight excluding hydrogens is 801 g/mol. The highest BCUT2D eigenvalue weighted by Gasteiger charge is 2.48. The van der Waals surface area contributed by atoms with Gasteiger partial charge in [0.1, 0.15) is 43.1 Å². The molecule has 4 heterocycles. The number of Topliss-reactive ketones (excluding diaryl/α,β-unsaturated/α-hetero) is 1. The Balaban J connectivity index is 1.12. The number of carbonyl (C=O) groups is 7. The predicted octanol–water partition coefficient (Wildman–Crippen LogP) is 2.71. The standard InChI is InChI=1S/C44H58N8O10/c1-5-9-30(35(53)41(57)47-27-13-14-27)48-39(55)32-20-28(62-43(59)51-22-26-12-15-33-36(29(26)24-51)61-19-18-60-33)23-52(32)42(58)37(44(2,3)4)50-40(56)34(25-10-7-6-8-11-25)49-38(54)31-21-45-16-17-46-31/h12,15-17,21,25,27-28,30,32,34,37H,5-11,13-14,18-20,22-24H2,1-4H3,(H,47,57)(H,48,55)(H,49,54)(H,50,56)/t28-,30+,32+,34+,37-/m1/s1. The van der Waals surface area contributed by atoms with Crippen LogP contribution in [0.1, 0.15) is 114 Å². The van der Waals surface area contributed by atoms with E-state index in [9.17, 15) is 33.6 Å². The second kappa shape index (κ2) is 19.1. The Hall–Kier alpha value is -5.81. The van der Waals surface area contributed by atoms with Gasteiger partial charge in [0.15, 0.2) is 11.5 Å². The van der Waals surface area contributed by atoms with Crippen molar-refractivity contribution in [1.82, 2.24) is 41.0 Å². The van der Waals surface area contributed by atoms with Crippen molar-refractivity contribution in [3.63, 3.8) is 0 Å². The van der Waals surface area contributed by atoms with Gasteiger partial charge in [-0.05, 0) is 55.1 Å². The summed E-state index contributed by atoms with van der Waals surface area (Å²) in [5.41, 5.74) is 0.829.